The monoisotopic (exact) mass is 361 g/mol. The summed E-state index contributed by atoms with van der Waals surface area (Å²) in [5, 5.41) is 12.3. The van der Waals surface area contributed by atoms with Gasteiger partial charge >= 0.3 is 0 Å². The number of hydrogen-bond donors (Lipinski definition) is 1. The molecule has 0 aliphatic carbocycles. The highest BCUT2D eigenvalue weighted by Crippen LogP contribution is 2.29. The SMILES string of the molecule is Cc1nc(-c2ccc(Cl)cc2)sc1C(=O)NC(C)c1nncn1C. The van der Waals surface area contributed by atoms with Gasteiger partial charge in [0.1, 0.15) is 16.2 Å². The molecule has 1 atom stereocenters. The lowest BCUT2D eigenvalue weighted by molar-refractivity contribution is 0.0941. The Morgan fingerprint density at radius 2 is 2.04 bits per heavy atom. The molecule has 0 aliphatic heterocycles. The van der Waals surface area contributed by atoms with Crippen LogP contribution < -0.4 is 5.32 Å². The van der Waals surface area contributed by atoms with E-state index in [2.05, 4.69) is 20.5 Å². The summed E-state index contributed by atoms with van der Waals surface area (Å²) in [6, 6.07) is 7.16. The molecule has 3 rings (SSSR count). The molecular weight excluding hydrogens is 346 g/mol. The van der Waals surface area contributed by atoms with Crippen molar-refractivity contribution in [3.05, 3.63) is 52.0 Å². The van der Waals surface area contributed by atoms with Crippen molar-refractivity contribution in [1.29, 1.82) is 0 Å². The number of aryl methyl sites for hydroxylation is 2. The summed E-state index contributed by atoms with van der Waals surface area (Å²) in [6.45, 7) is 3.70. The van der Waals surface area contributed by atoms with Crippen LogP contribution in [0.3, 0.4) is 0 Å². The molecule has 1 amide bonds. The molecule has 2 heterocycles. The first-order valence-corrected chi connectivity index (χ1v) is 8.53. The predicted molar refractivity (Wildman–Crippen MR) is 94.2 cm³/mol. The Morgan fingerprint density at radius 3 is 2.67 bits per heavy atom. The fourth-order valence-electron chi connectivity index (χ4n) is 2.33. The lowest BCUT2D eigenvalue weighted by atomic mass is 10.2. The third kappa shape index (κ3) is 3.32. The number of benzene rings is 1. The van der Waals surface area contributed by atoms with E-state index in [1.54, 1.807) is 10.9 Å². The molecule has 1 aromatic carbocycles. The normalized spacial score (nSPS) is 12.2. The smallest absolute Gasteiger partial charge is 0.263 e. The maximum Gasteiger partial charge on any atom is 0.263 e. The first kappa shape index (κ1) is 16.6. The number of rotatable bonds is 4. The first-order chi connectivity index (χ1) is 11.5. The van der Waals surface area contributed by atoms with Crippen LogP contribution in [0.1, 0.15) is 34.2 Å². The Hall–Kier alpha value is -2.25. The molecule has 0 saturated heterocycles. The number of carbonyl (C=O) groups excluding carboxylic acids is 1. The van der Waals surface area contributed by atoms with Gasteiger partial charge in [-0.05, 0) is 26.0 Å². The number of halogens is 1. The molecule has 0 fully saturated rings. The van der Waals surface area contributed by atoms with Gasteiger partial charge < -0.3 is 9.88 Å². The van der Waals surface area contributed by atoms with E-state index in [0.29, 0.717) is 21.4 Å². The van der Waals surface area contributed by atoms with Gasteiger partial charge in [-0.2, -0.15) is 0 Å². The Kier molecular flexibility index (Phi) is 4.64. The molecule has 1 N–H and O–H groups in total. The van der Waals surface area contributed by atoms with Crippen LogP contribution in [-0.4, -0.2) is 25.7 Å². The lowest BCUT2D eigenvalue weighted by Gasteiger charge is -2.12. The zero-order valence-electron chi connectivity index (χ0n) is 13.4. The third-order valence-electron chi connectivity index (χ3n) is 3.58. The summed E-state index contributed by atoms with van der Waals surface area (Å²) in [7, 11) is 1.84. The van der Waals surface area contributed by atoms with Crippen LogP contribution in [0, 0.1) is 6.92 Å². The van der Waals surface area contributed by atoms with Gasteiger partial charge in [0.25, 0.3) is 5.91 Å². The van der Waals surface area contributed by atoms with Gasteiger partial charge in [-0.1, -0.05) is 23.7 Å². The van der Waals surface area contributed by atoms with E-state index in [1.807, 2.05) is 45.2 Å². The molecule has 0 radical (unpaired) electrons. The predicted octanol–water partition coefficient (Wildman–Crippen LogP) is 3.39. The van der Waals surface area contributed by atoms with Crippen molar-refractivity contribution < 1.29 is 4.79 Å². The molecule has 0 bridgehead atoms. The Balaban J connectivity index is 1.80. The summed E-state index contributed by atoms with van der Waals surface area (Å²) in [6.07, 6.45) is 1.61. The number of aromatic nitrogens is 4. The highest BCUT2D eigenvalue weighted by atomic mass is 35.5. The second kappa shape index (κ2) is 6.70. The number of carbonyl (C=O) groups is 1. The van der Waals surface area contributed by atoms with Gasteiger partial charge in [-0.15, -0.1) is 21.5 Å². The molecule has 8 heteroatoms. The highest BCUT2D eigenvalue weighted by molar-refractivity contribution is 7.17. The second-order valence-electron chi connectivity index (χ2n) is 5.44. The molecule has 6 nitrogen and oxygen atoms in total. The van der Waals surface area contributed by atoms with E-state index in [9.17, 15) is 4.79 Å². The molecule has 1 unspecified atom stereocenters. The maximum absolute atomic E-state index is 12.6. The van der Waals surface area contributed by atoms with E-state index in [-0.39, 0.29) is 11.9 Å². The minimum atomic E-state index is -0.245. The summed E-state index contributed by atoms with van der Waals surface area (Å²) in [5.74, 6) is 0.532. The van der Waals surface area contributed by atoms with Crippen molar-refractivity contribution in [3.8, 4) is 10.6 Å². The molecule has 2 aromatic heterocycles. The van der Waals surface area contributed by atoms with Crippen LogP contribution in [0.25, 0.3) is 10.6 Å². The van der Waals surface area contributed by atoms with Crippen LogP contribution in [0.15, 0.2) is 30.6 Å². The van der Waals surface area contributed by atoms with Gasteiger partial charge in [-0.25, -0.2) is 4.98 Å². The zero-order chi connectivity index (χ0) is 17.3. The fraction of sp³-hybridized carbons (Fsp3) is 0.250. The maximum atomic E-state index is 12.6. The van der Waals surface area contributed by atoms with Crippen LogP contribution in [-0.2, 0) is 7.05 Å². The van der Waals surface area contributed by atoms with Crippen LogP contribution in [0.5, 0.6) is 0 Å². The van der Waals surface area contributed by atoms with Crippen LogP contribution in [0.4, 0.5) is 0 Å². The average molecular weight is 362 g/mol. The van der Waals surface area contributed by atoms with E-state index < -0.39 is 0 Å². The van der Waals surface area contributed by atoms with Crippen molar-refractivity contribution in [2.75, 3.05) is 0 Å². The number of nitrogens with one attached hydrogen (secondary N) is 1. The van der Waals surface area contributed by atoms with Crippen molar-refractivity contribution in [3.63, 3.8) is 0 Å². The summed E-state index contributed by atoms with van der Waals surface area (Å²) < 4.78 is 1.78. The standard InChI is InChI=1S/C16H16ClN5OS/c1-9-13(15(23)19-10(2)14-21-18-8-22(14)3)24-16(20-9)11-4-6-12(17)7-5-11/h4-8,10H,1-3H3,(H,19,23). The average Bonchev–Trinajstić information content (AvgIpc) is 3.14. The van der Waals surface area contributed by atoms with Crippen LogP contribution in [0.2, 0.25) is 5.02 Å². The largest absolute Gasteiger partial charge is 0.342 e. The Bertz CT molecular complexity index is 871. The number of hydrogen-bond acceptors (Lipinski definition) is 5. The third-order valence-corrected chi connectivity index (χ3v) is 5.03. The van der Waals surface area contributed by atoms with Gasteiger partial charge in [0.2, 0.25) is 0 Å². The number of amides is 1. The van der Waals surface area contributed by atoms with E-state index >= 15 is 0 Å². The summed E-state index contributed by atoms with van der Waals surface area (Å²) in [5.41, 5.74) is 1.64. The zero-order valence-corrected chi connectivity index (χ0v) is 15.0. The van der Waals surface area contributed by atoms with E-state index in [1.165, 1.54) is 11.3 Å². The molecule has 24 heavy (non-hydrogen) atoms. The first-order valence-electron chi connectivity index (χ1n) is 7.34. The topological polar surface area (TPSA) is 72.7 Å². The Morgan fingerprint density at radius 1 is 1.33 bits per heavy atom. The highest BCUT2D eigenvalue weighted by Gasteiger charge is 2.20. The molecule has 0 aliphatic rings. The van der Waals surface area contributed by atoms with E-state index in [4.69, 9.17) is 11.6 Å². The van der Waals surface area contributed by atoms with Gasteiger partial charge in [0.15, 0.2) is 5.82 Å². The van der Waals surface area contributed by atoms with Gasteiger partial charge in [0, 0.05) is 17.6 Å². The second-order valence-corrected chi connectivity index (χ2v) is 6.87. The lowest BCUT2D eigenvalue weighted by Crippen LogP contribution is -2.28. The summed E-state index contributed by atoms with van der Waals surface area (Å²) in [4.78, 5) is 17.7. The van der Waals surface area contributed by atoms with Crippen LogP contribution >= 0.6 is 22.9 Å². The molecule has 124 valence electrons. The molecular formula is C16H16ClN5OS. The molecule has 0 saturated carbocycles. The van der Waals surface area contributed by atoms with Gasteiger partial charge in [-0.3, -0.25) is 4.79 Å². The minimum Gasteiger partial charge on any atom is -0.342 e. The van der Waals surface area contributed by atoms with E-state index in [0.717, 1.165) is 10.6 Å². The molecule has 3 aromatic rings. The van der Waals surface area contributed by atoms with Crippen molar-refractivity contribution in [1.82, 2.24) is 25.1 Å². The minimum absolute atomic E-state index is 0.166. The van der Waals surface area contributed by atoms with Crippen molar-refractivity contribution in [2.45, 2.75) is 19.9 Å². The quantitative estimate of drug-likeness (QED) is 0.773. The summed E-state index contributed by atoms with van der Waals surface area (Å²) >= 11 is 7.27. The van der Waals surface area contributed by atoms with Crippen molar-refractivity contribution in [2.24, 2.45) is 7.05 Å². The number of thiazole rings is 1. The fourth-order valence-corrected chi connectivity index (χ4v) is 3.43. The van der Waals surface area contributed by atoms with Crippen molar-refractivity contribution >= 4 is 28.8 Å². The van der Waals surface area contributed by atoms with Gasteiger partial charge in [0.05, 0.1) is 11.7 Å². The molecule has 0 spiro atoms. The number of nitrogens with zero attached hydrogens (tertiary/aromatic N) is 4. The Labute approximate surface area is 148 Å².